The number of nitrogens with two attached hydrogens (primary N) is 1. The maximum absolute atomic E-state index is 14.1. The smallest absolute Gasteiger partial charge is 0.475 e. The van der Waals surface area contributed by atoms with Crippen LogP contribution in [0.2, 0.25) is 0 Å². The third kappa shape index (κ3) is 11.0. The molecule has 0 aromatic heterocycles. The Morgan fingerprint density at radius 3 is 2.08 bits per heavy atom. The number of hydrogen-bond acceptors (Lipinski definition) is 6. The lowest BCUT2D eigenvalue weighted by Crippen LogP contribution is -2.66. The second-order valence-corrected chi connectivity index (χ2v) is 12.8. The molecule has 1 saturated heterocycles. The van der Waals surface area contributed by atoms with Crippen LogP contribution < -0.4 is 16.4 Å². The molecule has 0 bridgehead atoms. The van der Waals surface area contributed by atoms with Gasteiger partial charge in [-0.25, -0.2) is 9.18 Å². The summed E-state index contributed by atoms with van der Waals surface area (Å²) in [4.78, 5) is 66.3. The summed E-state index contributed by atoms with van der Waals surface area (Å²) in [5, 5.41) is 14.7. The molecule has 3 atom stereocenters. The number of nitrogens with zero attached hydrogens (tertiary/aromatic N) is 2. The van der Waals surface area contributed by atoms with E-state index in [4.69, 9.17) is 15.6 Å². The molecule has 1 aliphatic heterocycles. The number of halogens is 4. The van der Waals surface area contributed by atoms with Crippen molar-refractivity contribution in [1.82, 2.24) is 20.4 Å². The number of fused-ring (bicyclic) bond motifs is 1. The minimum absolute atomic E-state index is 0.0943. The van der Waals surface area contributed by atoms with Crippen LogP contribution in [0.5, 0.6) is 0 Å². The Balaban J connectivity index is 0.000000908. The van der Waals surface area contributed by atoms with Crippen LogP contribution in [0.3, 0.4) is 0 Å². The van der Waals surface area contributed by atoms with E-state index >= 15 is 0 Å². The number of nitrogens with one attached hydrogen (secondary N) is 2. The summed E-state index contributed by atoms with van der Waals surface area (Å²) in [7, 11) is 1.55. The quantitative estimate of drug-likeness (QED) is 0.221. The first kappa shape index (κ1) is 40.4. The first-order valence-corrected chi connectivity index (χ1v) is 16.3. The average molecular weight is 718 g/mol. The zero-order chi connectivity index (χ0) is 38.1. The average Bonchev–Trinajstić information content (AvgIpc) is 3.07. The molecule has 15 heteroatoms. The molecular weight excluding hydrogens is 674 g/mol. The third-order valence-electron chi connectivity index (χ3n) is 8.32. The van der Waals surface area contributed by atoms with E-state index in [0.717, 1.165) is 16.3 Å². The van der Waals surface area contributed by atoms with Crippen LogP contribution in [0.4, 0.5) is 17.6 Å². The number of carbonyl (C=O) groups is 5. The molecule has 51 heavy (non-hydrogen) atoms. The molecule has 0 unspecified atom stereocenters. The molecule has 0 saturated carbocycles. The van der Waals surface area contributed by atoms with E-state index in [2.05, 4.69) is 10.6 Å². The number of likely N-dealkylation sites (N-methyl/N-ethyl adjacent to an activating group) is 1. The Labute approximate surface area is 293 Å². The highest BCUT2D eigenvalue weighted by molar-refractivity contribution is 5.96. The summed E-state index contributed by atoms with van der Waals surface area (Å²) >= 11 is 0. The van der Waals surface area contributed by atoms with Crippen LogP contribution in [0.1, 0.15) is 44.7 Å². The molecule has 0 aliphatic carbocycles. The van der Waals surface area contributed by atoms with E-state index in [1.807, 2.05) is 49.4 Å². The van der Waals surface area contributed by atoms with Gasteiger partial charge in [0.15, 0.2) is 0 Å². The molecule has 276 valence electrons. The fourth-order valence-corrected chi connectivity index (χ4v) is 5.63. The molecule has 1 heterocycles. The molecule has 5 N–H and O–H groups in total. The van der Waals surface area contributed by atoms with Gasteiger partial charge in [0.05, 0.1) is 5.54 Å². The Morgan fingerprint density at radius 1 is 0.941 bits per heavy atom. The van der Waals surface area contributed by atoms with Crippen molar-refractivity contribution in [2.24, 2.45) is 5.73 Å². The summed E-state index contributed by atoms with van der Waals surface area (Å²) in [6.07, 6.45) is -3.67. The standard InChI is InChI=1S/C34H42FN5O4.C2HF3O2/c1-5-8-28-32(43)40(29(30(41)37-4)21-23-11-14-24-9-6-7-10-25(24)19-23)18-17-39(28)31(42)27(38-33(44)34(2,3)36)20-22-12-15-26(35)16-13-22;3-2(4,5)1(6)7/h6-7,9-16,19,27-29H,5,8,17-18,20-21,36H2,1-4H3,(H,37,41)(H,38,44);(H,6,7)/t27-,28+,29+;/m1./s1. The number of piperazine rings is 1. The number of alkyl halides is 3. The molecular formula is C36H43F4N5O6. The number of rotatable bonds is 11. The van der Waals surface area contributed by atoms with Gasteiger partial charge in [0.2, 0.25) is 23.6 Å². The minimum Gasteiger partial charge on any atom is -0.475 e. The van der Waals surface area contributed by atoms with Gasteiger partial charge in [0.1, 0.15) is 23.9 Å². The SMILES string of the molecule is CCC[C@H]1C(=O)N([C@@H](Cc2ccc3ccccc3c2)C(=O)NC)CCN1C(=O)[C@@H](Cc1ccc(F)cc1)NC(=O)C(C)(C)N.O=C(O)C(F)(F)F. The van der Waals surface area contributed by atoms with Gasteiger partial charge in [0.25, 0.3) is 0 Å². The molecule has 3 aromatic rings. The minimum atomic E-state index is -5.08. The van der Waals surface area contributed by atoms with Crippen LogP contribution in [-0.2, 0) is 36.8 Å². The van der Waals surface area contributed by atoms with E-state index in [0.29, 0.717) is 24.8 Å². The Hall–Kier alpha value is -5.05. The molecule has 4 rings (SSSR count). The van der Waals surface area contributed by atoms with Crippen molar-refractivity contribution < 1.29 is 46.6 Å². The Morgan fingerprint density at radius 2 is 1.53 bits per heavy atom. The van der Waals surface area contributed by atoms with E-state index in [-0.39, 0.29) is 31.3 Å². The van der Waals surface area contributed by atoms with Crippen LogP contribution in [0, 0.1) is 5.82 Å². The van der Waals surface area contributed by atoms with Crippen LogP contribution in [0.15, 0.2) is 66.7 Å². The molecule has 0 spiro atoms. The van der Waals surface area contributed by atoms with Crippen molar-refractivity contribution in [3.8, 4) is 0 Å². The van der Waals surface area contributed by atoms with Gasteiger partial charge in [-0.05, 0) is 54.3 Å². The molecule has 1 fully saturated rings. The van der Waals surface area contributed by atoms with E-state index < -0.39 is 53.4 Å². The fraction of sp³-hybridized carbons (Fsp3) is 0.417. The summed E-state index contributed by atoms with van der Waals surface area (Å²) in [6.45, 7) is 5.34. The molecule has 0 radical (unpaired) electrons. The van der Waals surface area contributed by atoms with Gasteiger partial charge < -0.3 is 31.3 Å². The zero-order valence-electron chi connectivity index (χ0n) is 28.8. The highest BCUT2D eigenvalue weighted by Crippen LogP contribution is 2.24. The van der Waals surface area contributed by atoms with E-state index in [1.165, 1.54) is 17.0 Å². The van der Waals surface area contributed by atoms with Crippen LogP contribution in [0.25, 0.3) is 10.8 Å². The maximum atomic E-state index is 14.1. The zero-order valence-corrected chi connectivity index (χ0v) is 28.8. The lowest BCUT2D eigenvalue weighted by atomic mass is 9.96. The van der Waals surface area contributed by atoms with Crippen LogP contribution in [-0.4, -0.2) is 94.5 Å². The Bertz CT molecular complexity index is 1710. The number of amides is 4. The lowest BCUT2D eigenvalue weighted by molar-refractivity contribution is -0.192. The van der Waals surface area contributed by atoms with Gasteiger partial charge in [-0.2, -0.15) is 13.2 Å². The molecule has 4 amide bonds. The molecule has 11 nitrogen and oxygen atoms in total. The summed E-state index contributed by atoms with van der Waals surface area (Å²) in [5.41, 5.74) is 6.33. The number of carbonyl (C=O) groups excluding carboxylic acids is 4. The topological polar surface area (TPSA) is 162 Å². The number of aliphatic carboxylic acids is 1. The van der Waals surface area contributed by atoms with Gasteiger partial charge in [-0.3, -0.25) is 19.2 Å². The van der Waals surface area contributed by atoms with Crippen molar-refractivity contribution in [3.05, 3.63) is 83.7 Å². The first-order chi connectivity index (χ1) is 23.9. The summed E-state index contributed by atoms with van der Waals surface area (Å²) in [6, 6.07) is 17.0. The fourth-order valence-electron chi connectivity index (χ4n) is 5.63. The predicted molar refractivity (Wildman–Crippen MR) is 182 cm³/mol. The highest BCUT2D eigenvalue weighted by atomic mass is 19.4. The van der Waals surface area contributed by atoms with Gasteiger partial charge in [-0.1, -0.05) is 67.9 Å². The maximum Gasteiger partial charge on any atom is 0.490 e. The third-order valence-corrected chi connectivity index (χ3v) is 8.32. The molecule has 3 aromatic carbocycles. The van der Waals surface area contributed by atoms with Crippen molar-refractivity contribution in [2.75, 3.05) is 20.1 Å². The second kappa shape index (κ2) is 17.2. The van der Waals surface area contributed by atoms with Gasteiger partial charge in [-0.15, -0.1) is 0 Å². The van der Waals surface area contributed by atoms with Gasteiger partial charge >= 0.3 is 12.1 Å². The van der Waals surface area contributed by atoms with Crippen molar-refractivity contribution in [2.45, 2.75) is 76.3 Å². The second-order valence-electron chi connectivity index (χ2n) is 12.8. The number of hydrogen-bond donors (Lipinski definition) is 4. The number of carboxylic acids is 1. The Kier molecular flexibility index (Phi) is 13.7. The van der Waals surface area contributed by atoms with E-state index in [9.17, 15) is 36.7 Å². The monoisotopic (exact) mass is 717 g/mol. The summed E-state index contributed by atoms with van der Waals surface area (Å²) < 4.78 is 45.3. The number of carboxylic acid groups (broad SMARTS) is 1. The van der Waals surface area contributed by atoms with Crippen molar-refractivity contribution in [3.63, 3.8) is 0 Å². The van der Waals surface area contributed by atoms with Crippen LogP contribution >= 0.6 is 0 Å². The molecule has 1 aliphatic rings. The van der Waals surface area contributed by atoms with E-state index in [1.54, 1.807) is 37.9 Å². The predicted octanol–water partition coefficient (Wildman–Crippen LogP) is 3.57. The normalized spacial score (nSPS) is 16.1. The van der Waals surface area contributed by atoms with Crippen molar-refractivity contribution in [1.29, 1.82) is 0 Å². The van der Waals surface area contributed by atoms with Crippen molar-refractivity contribution >= 4 is 40.4 Å². The first-order valence-electron chi connectivity index (χ1n) is 16.3. The van der Waals surface area contributed by atoms with Gasteiger partial charge in [0, 0.05) is 33.0 Å². The number of benzene rings is 3. The largest absolute Gasteiger partial charge is 0.490 e. The highest BCUT2D eigenvalue weighted by Gasteiger charge is 2.43. The summed E-state index contributed by atoms with van der Waals surface area (Å²) in [5.74, 6) is -4.72. The lowest BCUT2D eigenvalue weighted by Gasteiger charge is -2.44.